The van der Waals surface area contributed by atoms with Crippen LogP contribution in [-0.4, -0.2) is 33.8 Å². The zero-order valence-corrected chi connectivity index (χ0v) is 17.3. The van der Waals surface area contributed by atoms with E-state index in [2.05, 4.69) is 39.4 Å². The number of rotatable bonds is 6. The lowest BCUT2D eigenvalue weighted by molar-refractivity contribution is 0.0465. The van der Waals surface area contributed by atoms with Crippen LogP contribution in [0.3, 0.4) is 0 Å². The Kier molecular flexibility index (Phi) is 6.26. The summed E-state index contributed by atoms with van der Waals surface area (Å²) in [5.41, 5.74) is 1.13. The molecule has 0 aliphatic rings. The molecule has 27 heavy (non-hydrogen) atoms. The van der Waals surface area contributed by atoms with Gasteiger partial charge < -0.3 is 14.6 Å². The lowest BCUT2D eigenvalue weighted by atomic mass is 10.1. The second kappa shape index (κ2) is 8.08. The number of aromatic nitrogens is 2. The van der Waals surface area contributed by atoms with Gasteiger partial charge in [0.1, 0.15) is 11.1 Å². The number of carbonyl (C=O) groups excluding carboxylic acids is 1. The second-order valence-corrected chi connectivity index (χ2v) is 8.36. The molecule has 0 atom stereocenters. The number of benzene rings is 1. The number of nitrogens with one attached hydrogen (secondary N) is 1. The first kappa shape index (κ1) is 20.9. The molecule has 0 unspecified atom stereocenters. The van der Waals surface area contributed by atoms with E-state index in [4.69, 9.17) is 9.26 Å². The highest BCUT2D eigenvalue weighted by molar-refractivity contribution is 5.68. The molecule has 7 heteroatoms. The summed E-state index contributed by atoms with van der Waals surface area (Å²) in [4.78, 5) is 18.6. The SMILES string of the molecule is Cc1ccccc1CN(C)Cc1nc(C(C)(C)NC(=O)OC(C)(C)C)no1. The molecule has 0 saturated heterocycles. The fourth-order valence-corrected chi connectivity index (χ4v) is 2.55. The summed E-state index contributed by atoms with van der Waals surface area (Å²) in [7, 11) is 2.00. The summed E-state index contributed by atoms with van der Waals surface area (Å²) >= 11 is 0. The van der Waals surface area contributed by atoms with Crippen LogP contribution in [0.4, 0.5) is 4.79 Å². The van der Waals surface area contributed by atoms with Crippen LogP contribution in [0.2, 0.25) is 0 Å². The Morgan fingerprint density at radius 3 is 2.48 bits per heavy atom. The standard InChI is InChI=1S/C20H30N4O3/c1-14-10-8-9-11-15(14)12-24(7)13-16-21-17(23-27-16)20(5,6)22-18(25)26-19(2,3)4/h8-11H,12-13H2,1-7H3,(H,22,25). The van der Waals surface area contributed by atoms with Crippen LogP contribution in [0, 0.1) is 6.92 Å². The maximum Gasteiger partial charge on any atom is 0.408 e. The fourth-order valence-electron chi connectivity index (χ4n) is 2.55. The van der Waals surface area contributed by atoms with Crippen LogP contribution < -0.4 is 5.32 Å². The Morgan fingerprint density at radius 2 is 1.85 bits per heavy atom. The minimum absolute atomic E-state index is 0.410. The van der Waals surface area contributed by atoms with Gasteiger partial charge in [0.25, 0.3) is 0 Å². The van der Waals surface area contributed by atoms with Crippen LogP contribution in [0.5, 0.6) is 0 Å². The zero-order chi connectivity index (χ0) is 20.2. The quantitative estimate of drug-likeness (QED) is 0.829. The Bertz CT molecular complexity index is 778. The van der Waals surface area contributed by atoms with Gasteiger partial charge >= 0.3 is 6.09 Å². The molecule has 2 rings (SSSR count). The highest BCUT2D eigenvalue weighted by Gasteiger charge is 2.31. The first-order valence-electron chi connectivity index (χ1n) is 9.03. The highest BCUT2D eigenvalue weighted by Crippen LogP contribution is 2.19. The molecule has 0 aliphatic carbocycles. The minimum Gasteiger partial charge on any atom is -0.444 e. The molecule has 1 N–H and O–H groups in total. The molecule has 7 nitrogen and oxygen atoms in total. The second-order valence-electron chi connectivity index (χ2n) is 8.36. The lowest BCUT2D eigenvalue weighted by Gasteiger charge is -2.26. The molecule has 0 radical (unpaired) electrons. The van der Waals surface area contributed by atoms with Gasteiger partial charge in [-0.25, -0.2) is 4.79 Å². The molecule has 1 amide bonds. The number of hydrogen-bond acceptors (Lipinski definition) is 6. The number of aryl methyl sites for hydroxylation is 1. The van der Waals surface area contributed by atoms with Crippen molar-refractivity contribution in [3.63, 3.8) is 0 Å². The molecule has 0 bridgehead atoms. The lowest BCUT2D eigenvalue weighted by Crippen LogP contribution is -2.44. The number of nitrogens with zero attached hydrogens (tertiary/aromatic N) is 3. The molecule has 1 heterocycles. The molecule has 0 saturated carbocycles. The van der Waals surface area contributed by atoms with Crippen LogP contribution in [0.15, 0.2) is 28.8 Å². The van der Waals surface area contributed by atoms with Gasteiger partial charge in [-0.2, -0.15) is 4.98 Å². The van der Waals surface area contributed by atoms with E-state index in [-0.39, 0.29) is 0 Å². The molecule has 2 aromatic rings. The first-order chi connectivity index (χ1) is 12.5. The van der Waals surface area contributed by atoms with Crippen molar-refractivity contribution in [1.29, 1.82) is 0 Å². The molecule has 1 aromatic carbocycles. The highest BCUT2D eigenvalue weighted by atomic mass is 16.6. The van der Waals surface area contributed by atoms with Crippen molar-refractivity contribution in [2.75, 3.05) is 7.05 Å². The topological polar surface area (TPSA) is 80.5 Å². The monoisotopic (exact) mass is 374 g/mol. The average molecular weight is 374 g/mol. The maximum absolute atomic E-state index is 12.0. The third-order valence-corrected chi connectivity index (χ3v) is 3.95. The molecule has 148 valence electrons. The van der Waals surface area contributed by atoms with Crippen LogP contribution in [0.1, 0.15) is 57.5 Å². The summed E-state index contributed by atoms with van der Waals surface area (Å²) in [6.07, 6.45) is -0.518. The minimum atomic E-state index is -0.807. The summed E-state index contributed by atoms with van der Waals surface area (Å²) in [5.74, 6) is 0.910. The van der Waals surface area contributed by atoms with Gasteiger partial charge in [0, 0.05) is 6.54 Å². The van der Waals surface area contributed by atoms with Crippen LogP contribution >= 0.6 is 0 Å². The van der Waals surface area contributed by atoms with Crippen molar-refractivity contribution in [1.82, 2.24) is 20.4 Å². The van der Waals surface area contributed by atoms with Crippen molar-refractivity contribution in [3.8, 4) is 0 Å². The van der Waals surface area contributed by atoms with E-state index in [1.54, 1.807) is 0 Å². The van der Waals surface area contributed by atoms with Crippen molar-refractivity contribution < 1.29 is 14.1 Å². The molecule has 0 aliphatic heterocycles. The maximum atomic E-state index is 12.0. The first-order valence-corrected chi connectivity index (χ1v) is 9.03. The van der Waals surface area contributed by atoms with E-state index in [9.17, 15) is 4.79 Å². The predicted octanol–water partition coefficient (Wildman–Crippen LogP) is 3.77. The number of alkyl carbamates (subject to hydrolysis) is 1. The molecule has 1 aromatic heterocycles. The Morgan fingerprint density at radius 1 is 1.19 bits per heavy atom. The van der Waals surface area contributed by atoms with Crippen LogP contribution in [-0.2, 0) is 23.4 Å². The number of hydrogen-bond donors (Lipinski definition) is 1. The van der Waals surface area contributed by atoms with Gasteiger partial charge in [-0.3, -0.25) is 4.90 Å². The third-order valence-electron chi connectivity index (χ3n) is 3.95. The van der Waals surface area contributed by atoms with Crippen molar-refractivity contribution in [2.45, 2.75) is 65.8 Å². The number of amides is 1. The summed E-state index contributed by atoms with van der Waals surface area (Å²) in [6, 6.07) is 8.27. The molecule has 0 spiro atoms. The number of ether oxygens (including phenoxy) is 1. The molecular formula is C20H30N4O3. The Hall–Kier alpha value is -2.41. The van der Waals surface area contributed by atoms with Crippen molar-refractivity contribution in [3.05, 3.63) is 47.1 Å². The van der Waals surface area contributed by atoms with Crippen molar-refractivity contribution >= 4 is 6.09 Å². The van der Waals surface area contributed by atoms with Crippen molar-refractivity contribution in [2.24, 2.45) is 0 Å². The summed E-state index contributed by atoms with van der Waals surface area (Å²) in [6.45, 7) is 12.5. The largest absolute Gasteiger partial charge is 0.444 e. The molecule has 0 fully saturated rings. The predicted molar refractivity (Wildman–Crippen MR) is 103 cm³/mol. The fraction of sp³-hybridized carbons (Fsp3) is 0.550. The normalized spacial score (nSPS) is 12.3. The van der Waals surface area contributed by atoms with E-state index in [1.807, 2.05) is 53.8 Å². The van der Waals surface area contributed by atoms with Gasteiger partial charge in [-0.1, -0.05) is 29.4 Å². The van der Waals surface area contributed by atoms with Gasteiger partial charge in [0.05, 0.1) is 6.54 Å². The zero-order valence-electron chi connectivity index (χ0n) is 17.3. The van der Waals surface area contributed by atoms with Gasteiger partial charge in [-0.05, 0) is 59.7 Å². The van der Waals surface area contributed by atoms with E-state index in [0.717, 1.165) is 6.54 Å². The van der Waals surface area contributed by atoms with Gasteiger partial charge in [0.2, 0.25) is 5.89 Å². The van der Waals surface area contributed by atoms with Gasteiger partial charge in [0.15, 0.2) is 5.82 Å². The van der Waals surface area contributed by atoms with Crippen LogP contribution in [0.25, 0.3) is 0 Å². The van der Waals surface area contributed by atoms with Gasteiger partial charge in [-0.15, -0.1) is 0 Å². The Balaban J connectivity index is 1.98. The molecular weight excluding hydrogens is 344 g/mol. The average Bonchev–Trinajstić information content (AvgIpc) is 2.96. The van der Waals surface area contributed by atoms with E-state index >= 15 is 0 Å². The summed E-state index contributed by atoms with van der Waals surface area (Å²) < 4.78 is 10.7. The third kappa shape index (κ3) is 6.36. The Labute approximate surface area is 161 Å². The summed E-state index contributed by atoms with van der Waals surface area (Å²) in [5, 5.41) is 6.82. The van der Waals surface area contributed by atoms with E-state index in [0.29, 0.717) is 18.3 Å². The van der Waals surface area contributed by atoms with E-state index in [1.165, 1.54) is 11.1 Å². The smallest absolute Gasteiger partial charge is 0.408 e. The number of carbonyl (C=O) groups is 1. The van der Waals surface area contributed by atoms with E-state index < -0.39 is 17.2 Å².